The number of allylic oxidation sites excluding steroid dienone is 1. The fraction of sp³-hybridized carbons (Fsp3) is 0.929. The Balaban J connectivity index is 1.23. The molecule has 3 saturated carbocycles. The van der Waals surface area contributed by atoms with Crippen LogP contribution in [0.4, 0.5) is 0 Å². The second kappa shape index (κ2) is 8.13. The predicted molar refractivity (Wildman–Crippen MR) is 127 cm³/mol. The molecular formula is C28H47NO2. The molecule has 4 aliphatic carbocycles. The molecule has 0 spiro atoms. The lowest BCUT2D eigenvalue weighted by molar-refractivity contribution is -0.0535. The first-order valence-electron chi connectivity index (χ1n) is 13.5. The van der Waals surface area contributed by atoms with Crippen molar-refractivity contribution in [3.05, 3.63) is 11.6 Å². The molecule has 7 atom stereocenters. The van der Waals surface area contributed by atoms with E-state index in [9.17, 15) is 10.2 Å². The Labute approximate surface area is 190 Å². The normalized spacial score (nSPS) is 47.3. The van der Waals surface area contributed by atoms with Crippen LogP contribution in [-0.4, -0.2) is 47.0 Å². The number of nitrogens with zero attached hydrogens (tertiary/aromatic N) is 1. The quantitative estimate of drug-likeness (QED) is 0.576. The van der Waals surface area contributed by atoms with Crippen LogP contribution < -0.4 is 0 Å². The third-order valence-corrected chi connectivity index (χ3v) is 11.4. The molecule has 1 heterocycles. The van der Waals surface area contributed by atoms with Crippen molar-refractivity contribution in [2.75, 3.05) is 20.1 Å². The van der Waals surface area contributed by atoms with Crippen molar-refractivity contribution in [1.82, 2.24) is 4.90 Å². The van der Waals surface area contributed by atoms with Crippen molar-refractivity contribution in [2.45, 2.75) is 109 Å². The molecule has 2 N–H and O–H groups in total. The van der Waals surface area contributed by atoms with E-state index in [4.69, 9.17) is 0 Å². The van der Waals surface area contributed by atoms with E-state index in [2.05, 4.69) is 31.9 Å². The van der Waals surface area contributed by atoms with Gasteiger partial charge >= 0.3 is 0 Å². The summed E-state index contributed by atoms with van der Waals surface area (Å²) in [6.07, 6.45) is 18.0. The molecule has 3 nitrogen and oxygen atoms in total. The number of aliphatic hydroxyl groups excluding tert-OH is 1. The molecule has 0 bridgehead atoms. The van der Waals surface area contributed by atoms with Crippen LogP contribution in [0, 0.1) is 34.5 Å². The highest BCUT2D eigenvalue weighted by Gasteiger charge is 2.58. The minimum atomic E-state index is -0.395. The Morgan fingerprint density at radius 1 is 1.00 bits per heavy atom. The van der Waals surface area contributed by atoms with E-state index in [1.807, 2.05) is 0 Å². The standard InChI is InChI=1S/C28H47NO2/c1-26-14-11-25-23(8-6-21-19-22(30)10-13-27(21,25)2)24(26)9-7-20(26)5-4-12-28(31)15-17-29(3)18-16-28/h6,20,22-25,30-31H,4-5,7-19H2,1-3H3. The van der Waals surface area contributed by atoms with Crippen LogP contribution in [0.5, 0.6) is 0 Å². The summed E-state index contributed by atoms with van der Waals surface area (Å²) >= 11 is 0. The molecule has 1 aliphatic heterocycles. The highest BCUT2D eigenvalue weighted by Crippen LogP contribution is 2.66. The van der Waals surface area contributed by atoms with Crippen LogP contribution in [0.3, 0.4) is 0 Å². The minimum Gasteiger partial charge on any atom is -0.393 e. The number of aliphatic hydroxyl groups is 2. The molecule has 0 radical (unpaired) electrons. The fourth-order valence-electron chi connectivity index (χ4n) is 9.19. The molecule has 5 rings (SSSR count). The van der Waals surface area contributed by atoms with Gasteiger partial charge in [-0.1, -0.05) is 31.9 Å². The van der Waals surface area contributed by atoms with Gasteiger partial charge in [0.25, 0.3) is 0 Å². The lowest BCUT2D eigenvalue weighted by Gasteiger charge is -2.58. The molecule has 31 heavy (non-hydrogen) atoms. The summed E-state index contributed by atoms with van der Waals surface area (Å²) in [6.45, 7) is 7.28. The Morgan fingerprint density at radius 3 is 2.55 bits per heavy atom. The third kappa shape index (κ3) is 3.85. The summed E-state index contributed by atoms with van der Waals surface area (Å²) in [4.78, 5) is 2.35. The number of fused-ring (bicyclic) bond motifs is 5. The first kappa shape index (κ1) is 22.4. The zero-order chi connectivity index (χ0) is 21.9. The van der Waals surface area contributed by atoms with Gasteiger partial charge in [0.05, 0.1) is 11.7 Å². The van der Waals surface area contributed by atoms with Crippen molar-refractivity contribution >= 4 is 0 Å². The molecule has 5 aliphatic rings. The van der Waals surface area contributed by atoms with Crippen molar-refractivity contribution < 1.29 is 10.2 Å². The van der Waals surface area contributed by atoms with E-state index in [0.717, 1.165) is 68.9 Å². The van der Waals surface area contributed by atoms with E-state index in [1.165, 1.54) is 51.4 Å². The first-order chi connectivity index (χ1) is 14.7. The lowest BCUT2D eigenvalue weighted by atomic mass is 9.47. The summed E-state index contributed by atoms with van der Waals surface area (Å²) in [5.41, 5.74) is 2.08. The maximum atomic E-state index is 11.0. The SMILES string of the molecule is CN1CCC(O)(CCCC2CCC3C4CC=C5CC(O)CCC5(C)C4CCC23C)CC1. The van der Waals surface area contributed by atoms with Crippen molar-refractivity contribution in [3.8, 4) is 0 Å². The second-order valence-electron chi connectivity index (χ2n) is 12.9. The van der Waals surface area contributed by atoms with Gasteiger partial charge in [-0.2, -0.15) is 0 Å². The van der Waals surface area contributed by atoms with Gasteiger partial charge in [-0.15, -0.1) is 0 Å². The smallest absolute Gasteiger partial charge is 0.0672 e. The second-order valence-corrected chi connectivity index (χ2v) is 12.9. The number of hydrogen-bond donors (Lipinski definition) is 2. The van der Waals surface area contributed by atoms with E-state index in [1.54, 1.807) is 5.57 Å². The number of rotatable bonds is 4. The molecule has 0 aromatic carbocycles. The Bertz CT molecular complexity index is 695. The zero-order valence-electron chi connectivity index (χ0n) is 20.4. The largest absolute Gasteiger partial charge is 0.393 e. The fourth-order valence-corrected chi connectivity index (χ4v) is 9.19. The summed E-state index contributed by atoms with van der Waals surface area (Å²) < 4.78 is 0. The monoisotopic (exact) mass is 429 g/mol. The average molecular weight is 430 g/mol. The van der Waals surface area contributed by atoms with Gasteiger partial charge in [-0.25, -0.2) is 0 Å². The van der Waals surface area contributed by atoms with Crippen LogP contribution in [-0.2, 0) is 0 Å². The molecule has 4 fully saturated rings. The summed E-state index contributed by atoms with van der Waals surface area (Å²) in [5, 5.41) is 21.3. The van der Waals surface area contributed by atoms with Crippen molar-refractivity contribution in [1.29, 1.82) is 0 Å². The highest BCUT2D eigenvalue weighted by atomic mass is 16.3. The summed E-state index contributed by atoms with van der Waals surface area (Å²) in [5.74, 6) is 3.46. The number of likely N-dealkylation sites (tertiary alicyclic amines) is 1. The topological polar surface area (TPSA) is 43.7 Å². The zero-order valence-corrected chi connectivity index (χ0v) is 20.4. The lowest BCUT2D eigenvalue weighted by Crippen LogP contribution is -2.50. The Hall–Kier alpha value is -0.380. The number of hydrogen-bond acceptors (Lipinski definition) is 3. The van der Waals surface area contributed by atoms with Crippen LogP contribution in [0.25, 0.3) is 0 Å². The van der Waals surface area contributed by atoms with E-state index < -0.39 is 5.60 Å². The number of piperidine rings is 1. The van der Waals surface area contributed by atoms with Gasteiger partial charge in [0, 0.05) is 13.1 Å². The van der Waals surface area contributed by atoms with E-state index in [-0.39, 0.29) is 6.10 Å². The van der Waals surface area contributed by atoms with Crippen LogP contribution in [0.1, 0.15) is 97.3 Å². The third-order valence-electron chi connectivity index (χ3n) is 11.4. The van der Waals surface area contributed by atoms with Gasteiger partial charge in [0.1, 0.15) is 0 Å². The van der Waals surface area contributed by atoms with Crippen LogP contribution in [0.2, 0.25) is 0 Å². The molecule has 176 valence electrons. The summed E-state index contributed by atoms with van der Waals surface area (Å²) in [7, 11) is 2.18. The first-order valence-corrected chi connectivity index (χ1v) is 13.5. The van der Waals surface area contributed by atoms with Gasteiger partial charge in [0.15, 0.2) is 0 Å². The Morgan fingerprint density at radius 2 is 1.77 bits per heavy atom. The highest BCUT2D eigenvalue weighted by molar-refractivity contribution is 5.25. The van der Waals surface area contributed by atoms with Crippen LogP contribution >= 0.6 is 0 Å². The molecule has 0 aromatic heterocycles. The van der Waals surface area contributed by atoms with Gasteiger partial charge in [-0.3, -0.25) is 0 Å². The van der Waals surface area contributed by atoms with Crippen molar-refractivity contribution in [2.24, 2.45) is 34.5 Å². The van der Waals surface area contributed by atoms with Gasteiger partial charge in [0.2, 0.25) is 0 Å². The van der Waals surface area contributed by atoms with Gasteiger partial charge in [-0.05, 0) is 119 Å². The van der Waals surface area contributed by atoms with Gasteiger partial charge < -0.3 is 15.1 Å². The molecule has 7 unspecified atom stereocenters. The minimum absolute atomic E-state index is 0.0972. The molecule has 3 heteroatoms. The van der Waals surface area contributed by atoms with Crippen LogP contribution in [0.15, 0.2) is 11.6 Å². The molecular weight excluding hydrogens is 382 g/mol. The summed E-state index contributed by atoms with van der Waals surface area (Å²) in [6, 6.07) is 0. The molecule has 0 aromatic rings. The maximum Gasteiger partial charge on any atom is 0.0672 e. The molecule has 1 saturated heterocycles. The maximum absolute atomic E-state index is 11.0. The van der Waals surface area contributed by atoms with Crippen molar-refractivity contribution in [3.63, 3.8) is 0 Å². The Kier molecular flexibility index (Phi) is 5.88. The van der Waals surface area contributed by atoms with E-state index >= 15 is 0 Å². The average Bonchev–Trinajstić information content (AvgIpc) is 3.07. The molecule has 0 amide bonds. The predicted octanol–water partition coefficient (Wildman–Crippen LogP) is 5.55. The van der Waals surface area contributed by atoms with E-state index in [0.29, 0.717) is 10.8 Å².